The van der Waals surface area contributed by atoms with Gasteiger partial charge in [-0.3, -0.25) is 4.79 Å². The molecule has 0 atom stereocenters. The molecule has 1 aliphatic rings. The Kier molecular flexibility index (Phi) is 5.50. The Balaban J connectivity index is 1.90. The molecule has 1 amide bonds. The number of carbonyl (C=O) groups excluding carboxylic acids is 1. The van der Waals surface area contributed by atoms with Gasteiger partial charge in [-0.25, -0.2) is 4.39 Å². The summed E-state index contributed by atoms with van der Waals surface area (Å²) in [6.45, 7) is 4.92. The van der Waals surface area contributed by atoms with Gasteiger partial charge in [0.2, 0.25) is 0 Å². The first kappa shape index (κ1) is 20.7. The third kappa shape index (κ3) is 4.04. The Bertz CT molecular complexity index is 1120. The van der Waals surface area contributed by atoms with Gasteiger partial charge in [-0.05, 0) is 55.4 Å². The number of nitrogens with one attached hydrogen (secondary N) is 3. The number of aromatic amines is 1. The highest BCUT2D eigenvalue weighted by Crippen LogP contribution is 2.36. The lowest BCUT2D eigenvalue weighted by atomic mass is 9.96. The van der Waals surface area contributed by atoms with E-state index in [0.717, 1.165) is 33.3 Å². The summed E-state index contributed by atoms with van der Waals surface area (Å²) >= 11 is 0. The molecule has 0 saturated carbocycles. The van der Waals surface area contributed by atoms with Crippen LogP contribution in [0.2, 0.25) is 13.1 Å². The molecule has 4 N–H and O–H groups in total. The SMILES string of the molecule is CNCc1ccc(-c2[nH]c3cc(F)cc4c3c2CCNC4=O)c(CO[Si](C)(C)O)c1. The van der Waals surface area contributed by atoms with Crippen LogP contribution in [0.1, 0.15) is 27.0 Å². The highest BCUT2D eigenvalue weighted by Gasteiger charge is 2.25. The summed E-state index contributed by atoms with van der Waals surface area (Å²) in [5.74, 6) is -0.709. The lowest BCUT2D eigenvalue weighted by Gasteiger charge is -2.18. The molecular weight excluding hydrogens is 401 g/mol. The molecule has 0 unspecified atom stereocenters. The number of hydrogen-bond donors (Lipinski definition) is 4. The standard InChI is InChI=1S/C22H26FN3O3Si/c1-24-11-13-4-5-16(14(8-13)12-29-30(2,3)28)21-17-6-7-25-22(27)18-9-15(23)10-19(26-21)20(17)18/h4-5,8-10,24,26,28H,6-7,11-12H2,1-3H3,(H,25,27). The van der Waals surface area contributed by atoms with E-state index in [1.807, 2.05) is 19.2 Å². The fourth-order valence-electron chi connectivity index (χ4n) is 4.00. The largest absolute Gasteiger partial charge is 0.411 e. The molecule has 1 aromatic heterocycles. The molecule has 3 aromatic rings. The summed E-state index contributed by atoms with van der Waals surface area (Å²) in [4.78, 5) is 26.0. The first-order chi connectivity index (χ1) is 14.3. The predicted molar refractivity (Wildman–Crippen MR) is 117 cm³/mol. The molecule has 0 spiro atoms. The molecule has 2 aromatic carbocycles. The highest BCUT2D eigenvalue weighted by molar-refractivity contribution is 6.63. The molecule has 0 aliphatic carbocycles. The van der Waals surface area contributed by atoms with Crippen molar-refractivity contribution in [1.29, 1.82) is 0 Å². The number of H-pyrrole nitrogens is 1. The van der Waals surface area contributed by atoms with Gasteiger partial charge in [-0.15, -0.1) is 0 Å². The molecule has 158 valence electrons. The van der Waals surface area contributed by atoms with E-state index >= 15 is 0 Å². The Labute approximate surface area is 175 Å². The smallest absolute Gasteiger partial charge is 0.329 e. The third-order valence-electron chi connectivity index (χ3n) is 5.27. The van der Waals surface area contributed by atoms with E-state index in [1.54, 1.807) is 13.1 Å². The summed E-state index contributed by atoms with van der Waals surface area (Å²) in [5.41, 5.74) is 5.78. The normalized spacial score (nSPS) is 14.1. The zero-order valence-electron chi connectivity index (χ0n) is 17.4. The summed E-state index contributed by atoms with van der Waals surface area (Å²) in [6, 6.07) is 8.85. The number of benzene rings is 2. The van der Waals surface area contributed by atoms with Crippen LogP contribution in [0.4, 0.5) is 4.39 Å². The zero-order valence-corrected chi connectivity index (χ0v) is 18.4. The molecule has 6 nitrogen and oxygen atoms in total. The predicted octanol–water partition coefficient (Wildman–Crippen LogP) is 3.19. The fourth-order valence-corrected chi connectivity index (χ4v) is 4.51. The molecule has 1 aliphatic heterocycles. The van der Waals surface area contributed by atoms with E-state index in [-0.39, 0.29) is 12.5 Å². The first-order valence-electron chi connectivity index (χ1n) is 10.0. The maximum Gasteiger partial charge on any atom is 0.329 e. The van der Waals surface area contributed by atoms with E-state index in [4.69, 9.17) is 4.43 Å². The van der Waals surface area contributed by atoms with E-state index in [9.17, 15) is 14.0 Å². The minimum absolute atomic E-state index is 0.259. The van der Waals surface area contributed by atoms with Gasteiger partial charge in [0.15, 0.2) is 0 Å². The van der Waals surface area contributed by atoms with Crippen molar-refractivity contribution in [2.24, 2.45) is 0 Å². The lowest BCUT2D eigenvalue weighted by molar-refractivity contribution is 0.0956. The van der Waals surface area contributed by atoms with E-state index < -0.39 is 14.4 Å². The third-order valence-corrected chi connectivity index (χ3v) is 6.12. The van der Waals surface area contributed by atoms with Crippen LogP contribution in [0.5, 0.6) is 0 Å². The van der Waals surface area contributed by atoms with Crippen LogP contribution in [0.25, 0.3) is 22.2 Å². The molecule has 4 rings (SSSR count). The van der Waals surface area contributed by atoms with E-state index in [0.29, 0.717) is 30.6 Å². The van der Waals surface area contributed by atoms with E-state index in [1.165, 1.54) is 12.1 Å². The molecule has 0 fully saturated rings. The van der Waals surface area contributed by atoms with Crippen molar-refractivity contribution >= 4 is 25.4 Å². The molecule has 8 heteroatoms. The summed E-state index contributed by atoms with van der Waals surface area (Å²) < 4.78 is 20.0. The molecular formula is C22H26FN3O3Si. The van der Waals surface area contributed by atoms with Crippen molar-refractivity contribution < 1.29 is 18.4 Å². The monoisotopic (exact) mass is 427 g/mol. The van der Waals surface area contributed by atoms with Gasteiger partial charge in [0.25, 0.3) is 5.91 Å². The van der Waals surface area contributed by atoms with Crippen molar-refractivity contribution in [2.75, 3.05) is 13.6 Å². The Hall–Kier alpha value is -2.52. The van der Waals surface area contributed by atoms with Gasteiger partial charge in [-0.1, -0.05) is 18.2 Å². The van der Waals surface area contributed by atoms with Crippen molar-refractivity contribution in [3.63, 3.8) is 0 Å². The van der Waals surface area contributed by atoms with Crippen molar-refractivity contribution in [1.82, 2.24) is 15.6 Å². The molecule has 0 saturated heterocycles. The second-order valence-corrected chi connectivity index (χ2v) is 11.3. The number of halogens is 1. The first-order valence-corrected chi connectivity index (χ1v) is 12.9. The van der Waals surface area contributed by atoms with Crippen LogP contribution in [-0.2, 0) is 24.0 Å². The average molecular weight is 428 g/mol. The second-order valence-electron chi connectivity index (χ2n) is 8.12. The van der Waals surface area contributed by atoms with Gasteiger partial charge < -0.3 is 24.8 Å². The van der Waals surface area contributed by atoms with Crippen molar-refractivity contribution in [3.05, 3.63) is 58.4 Å². The average Bonchev–Trinajstić information content (AvgIpc) is 2.94. The van der Waals surface area contributed by atoms with Crippen LogP contribution in [0.15, 0.2) is 30.3 Å². The van der Waals surface area contributed by atoms with Crippen LogP contribution in [0.3, 0.4) is 0 Å². The van der Waals surface area contributed by atoms with Gasteiger partial charge in [-0.2, -0.15) is 0 Å². The Morgan fingerprint density at radius 1 is 1.23 bits per heavy atom. The summed E-state index contributed by atoms with van der Waals surface area (Å²) in [6.07, 6.45) is 0.637. The zero-order chi connectivity index (χ0) is 21.5. The number of carbonyl (C=O) groups is 1. The van der Waals surface area contributed by atoms with E-state index in [2.05, 4.69) is 21.7 Å². The Morgan fingerprint density at radius 2 is 2.03 bits per heavy atom. The fraction of sp³-hybridized carbons (Fsp3) is 0.318. The van der Waals surface area contributed by atoms with Gasteiger partial charge in [0.1, 0.15) is 5.82 Å². The topological polar surface area (TPSA) is 86.4 Å². The summed E-state index contributed by atoms with van der Waals surface area (Å²) in [7, 11) is -0.818. The number of rotatable bonds is 6. The van der Waals surface area contributed by atoms with Crippen LogP contribution in [0, 0.1) is 5.82 Å². The maximum atomic E-state index is 14.2. The van der Waals surface area contributed by atoms with Crippen molar-refractivity contribution in [3.8, 4) is 11.3 Å². The van der Waals surface area contributed by atoms with Crippen LogP contribution in [-0.4, -0.2) is 37.8 Å². The number of aromatic nitrogens is 1. The Morgan fingerprint density at radius 3 is 2.77 bits per heavy atom. The van der Waals surface area contributed by atoms with Crippen molar-refractivity contribution in [2.45, 2.75) is 32.7 Å². The molecule has 0 bridgehead atoms. The van der Waals surface area contributed by atoms with Crippen LogP contribution < -0.4 is 10.6 Å². The lowest BCUT2D eigenvalue weighted by Crippen LogP contribution is -2.29. The number of hydrogen-bond acceptors (Lipinski definition) is 4. The minimum atomic E-state index is -2.71. The molecule has 30 heavy (non-hydrogen) atoms. The minimum Gasteiger partial charge on any atom is -0.411 e. The van der Waals surface area contributed by atoms with Crippen LogP contribution >= 0.6 is 0 Å². The maximum absolute atomic E-state index is 14.2. The van der Waals surface area contributed by atoms with Gasteiger partial charge in [0.05, 0.1) is 17.9 Å². The molecule has 2 heterocycles. The number of amides is 1. The highest BCUT2D eigenvalue weighted by atomic mass is 28.4. The van der Waals surface area contributed by atoms with Gasteiger partial charge >= 0.3 is 8.56 Å². The quantitative estimate of drug-likeness (QED) is 0.455. The molecule has 0 radical (unpaired) electrons. The second kappa shape index (κ2) is 7.96. The van der Waals surface area contributed by atoms with Gasteiger partial charge in [0, 0.05) is 29.6 Å². The summed E-state index contributed by atoms with van der Waals surface area (Å²) in [5, 5.41) is 6.76.